The molecule has 2 aromatic rings. The average Bonchev–Trinajstić information content (AvgIpc) is 3.22. The number of imidazole rings is 1. The molecule has 8 heteroatoms. The highest BCUT2D eigenvalue weighted by molar-refractivity contribution is 7.13. The van der Waals surface area contributed by atoms with E-state index in [1.807, 2.05) is 30.8 Å². The van der Waals surface area contributed by atoms with Gasteiger partial charge in [-0.05, 0) is 13.8 Å². The van der Waals surface area contributed by atoms with Gasteiger partial charge in [-0.3, -0.25) is 14.5 Å². The van der Waals surface area contributed by atoms with Gasteiger partial charge in [0, 0.05) is 37.3 Å². The third-order valence-corrected chi connectivity index (χ3v) is 5.07. The molecular weight excluding hydrogens is 314 g/mol. The first-order valence-corrected chi connectivity index (χ1v) is 8.31. The lowest BCUT2D eigenvalue weighted by atomic mass is 10.1. The molecule has 1 saturated heterocycles. The Kier molecular flexibility index (Phi) is 4.16. The van der Waals surface area contributed by atoms with Crippen LogP contribution in [-0.2, 0) is 23.2 Å². The van der Waals surface area contributed by atoms with E-state index in [0.717, 1.165) is 17.2 Å². The Hall–Kier alpha value is -2.22. The number of carbonyl (C=O) groups is 2. The molecule has 1 aliphatic rings. The highest BCUT2D eigenvalue weighted by Crippen LogP contribution is 2.26. The molecule has 1 N–H and O–H groups in total. The number of aryl methyl sites for hydroxylation is 1. The molecule has 2 aromatic heterocycles. The van der Waals surface area contributed by atoms with Gasteiger partial charge in [0.2, 0.25) is 11.8 Å². The van der Waals surface area contributed by atoms with Crippen LogP contribution in [0.15, 0.2) is 11.6 Å². The molecule has 3 heterocycles. The summed E-state index contributed by atoms with van der Waals surface area (Å²) in [6.07, 6.45) is 1.89. The first-order chi connectivity index (χ1) is 11.0. The second-order valence-corrected chi connectivity index (χ2v) is 6.57. The fourth-order valence-electron chi connectivity index (χ4n) is 2.67. The van der Waals surface area contributed by atoms with Crippen LogP contribution in [0.1, 0.15) is 23.6 Å². The first kappa shape index (κ1) is 15.7. The summed E-state index contributed by atoms with van der Waals surface area (Å²) in [5.74, 6) is 0.308. The highest BCUT2D eigenvalue weighted by Gasteiger charge is 2.36. The number of thiazole rings is 1. The van der Waals surface area contributed by atoms with E-state index in [0.29, 0.717) is 18.2 Å². The summed E-state index contributed by atoms with van der Waals surface area (Å²) in [7, 11) is 1.93. The minimum absolute atomic E-state index is 0.0521. The second kappa shape index (κ2) is 6.11. The smallest absolute Gasteiger partial charge is 0.229 e. The number of hydrogen-bond acceptors (Lipinski definition) is 5. The maximum atomic E-state index is 12.3. The number of nitrogens with zero attached hydrogens (tertiary/aromatic N) is 4. The lowest BCUT2D eigenvalue weighted by Gasteiger charge is -2.13. The van der Waals surface area contributed by atoms with E-state index in [-0.39, 0.29) is 24.2 Å². The third-order valence-electron chi connectivity index (χ3n) is 4.28. The van der Waals surface area contributed by atoms with Gasteiger partial charge in [0.15, 0.2) is 5.13 Å². The first-order valence-electron chi connectivity index (χ1n) is 7.43. The minimum atomic E-state index is -0.339. The zero-order chi connectivity index (χ0) is 16.6. The molecule has 0 aliphatic carbocycles. The molecule has 2 amide bonds. The van der Waals surface area contributed by atoms with E-state index in [2.05, 4.69) is 15.3 Å². The van der Waals surface area contributed by atoms with Gasteiger partial charge in [-0.25, -0.2) is 9.97 Å². The van der Waals surface area contributed by atoms with Crippen LogP contribution in [0.3, 0.4) is 0 Å². The van der Waals surface area contributed by atoms with Gasteiger partial charge < -0.3 is 9.88 Å². The zero-order valence-corrected chi connectivity index (χ0v) is 14.2. The molecule has 0 saturated carbocycles. The van der Waals surface area contributed by atoms with E-state index in [1.54, 1.807) is 11.1 Å². The third kappa shape index (κ3) is 2.98. The van der Waals surface area contributed by atoms with E-state index in [9.17, 15) is 9.59 Å². The lowest BCUT2D eigenvalue weighted by Crippen LogP contribution is -2.33. The molecule has 0 bridgehead atoms. The Morgan fingerprint density at radius 2 is 2.26 bits per heavy atom. The van der Waals surface area contributed by atoms with Crippen LogP contribution >= 0.6 is 11.3 Å². The Morgan fingerprint density at radius 1 is 1.48 bits per heavy atom. The summed E-state index contributed by atoms with van der Waals surface area (Å²) in [6, 6.07) is 0. The van der Waals surface area contributed by atoms with Crippen molar-refractivity contribution in [1.29, 1.82) is 0 Å². The fourth-order valence-corrected chi connectivity index (χ4v) is 3.34. The summed E-state index contributed by atoms with van der Waals surface area (Å²) in [5, 5.41) is 5.37. The molecule has 1 atom stereocenters. The number of carbonyl (C=O) groups excluding carboxylic acids is 2. The fraction of sp³-hybridized carbons (Fsp3) is 0.467. The Bertz CT molecular complexity index is 737. The quantitative estimate of drug-likeness (QED) is 0.910. The van der Waals surface area contributed by atoms with Gasteiger partial charge in [0.1, 0.15) is 5.82 Å². The molecule has 0 aromatic carbocycles. The summed E-state index contributed by atoms with van der Waals surface area (Å²) < 4.78 is 1.97. The van der Waals surface area contributed by atoms with Crippen molar-refractivity contribution in [3.05, 3.63) is 28.8 Å². The molecule has 1 aliphatic heterocycles. The molecule has 1 unspecified atom stereocenters. The zero-order valence-electron chi connectivity index (χ0n) is 13.4. The van der Waals surface area contributed by atoms with Crippen LogP contribution in [0.5, 0.6) is 0 Å². The Balaban J connectivity index is 1.61. The van der Waals surface area contributed by atoms with E-state index < -0.39 is 0 Å². The number of anilines is 1. The highest BCUT2D eigenvalue weighted by atomic mass is 32.1. The van der Waals surface area contributed by atoms with Crippen LogP contribution in [0.25, 0.3) is 0 Å². The number of hydrogen-bond donors (Lipinski definition) is 1. The van der Waals surface area contributed by atoms with Crippen LogP contribution in [0.4, 0.5) is 5.13 Å². The predicted octanol–water partition coefficient (Wildman–Crippen LogP) is 1.16. The molecule has 7 nitrogen and oxygen atoms in total. The number of aromatic nitrogens is 3. The topological polar surface area (TPSA) is 80.1 Å². The molecule has 122 valence electrons. The van der Waals surface area contributed by atoms with E-state index in [1.165, 1.54) is 11.3 Å². The standard InChI is InChI=1S/C15H19N5O2S/c1-9-10(2)19(3)12(18-9)7-17-14(22)11-6-13(21)20(8-11)15-16-4-5-23-15/h4-5,11H,6-8H2,1-3H3,(H,17,22). The maximum absolute atomic E-state index is 12.3. The predicted molar refractivity (Wildman–Crippen MR) is 87.1 cm³/mol. The lowest BCUT2D eigenvalue weighted by molar-refractivity contribution is -0.126. The Morgan fingerprint density at radius 3 is 2.87 bits per heavy atom. The van der Waals surface area contributed by atoms with Crippen LogP contribution in [0, 0.1) is 19.8 Å². The van der Waals surface area contributed by atoms with Gasteiger partial charge in [-0.1, -0.05) is 0 Å². The molecule has 0 spiro atoms. The van der Waals surface area contributed by atoms with Gasteiger partial charge >= 0.3 is 0 Å². The number of amides is 2. The molecular formula is C15H19N5O2S. The number of rotatable bonds is 4. The van der Waals surface area contributed by atoms with Crippen molar-refractivity contribution in [2.24, 2.45) is 13.0 Å². The van der Waals surface area contributed by atoms with Crippen molar-refractivity contribution in [2.75, 3.05) is 11.4 Å². The van der Waals surface area contributed by atoms with Gasteiger partial charge in [0.25, 0.3) is 0 Å². The van der Waals surface area contributed by atoms with Crippen molar-refractivity contribution >= 4 is 28.3 Å². The summed E-state index contributed by atoms with van der Waals surface area (Å²) in [4.78, 5) is 34.6. The summed E-state index contributed by atoms with van der Waals surface area (Å²) >= 11 is 1.40. The van der Waals surface area contributed by atoms with Crippen molar-refractivity contribution in [2.45, 2.75) is 26.8 Å². The maximum Gasteiger partial charge on any atom is 0.229 e. The summed E-state index contributed by atoms with van der Waals surface area (Å²) in [5.41, 5.74) is 2.04. The van der Waals surface area contributed by atoms with Gasteiger partial charge in [-0.2, -0.15) is 0 Å². The Labute approximate surface area is 138 Å². The molecule has 1 fully saturated rings. The van der Waals surface area contributed by atoms with Crippen LogP contribution in [0.2, 0.25) is 0 Å². The monoisotopic (exact) mass is 333 g/mol. The second-order valence-electron chi connectivity index (χ2n) is 5.70. The van der Waals surface area contributed by atoms with Gasteiger partial charge in [0.05, 0.1) is 18.2 Å². The summed E-state index contributed by atoms with van der Waals surface area (Å²) in [6.45, 7) is 4.69. The van der Waals surface area contributed by atoms with Crippen LogP contribution < -0.4 is 10.2 Å². The molecule has 3 rings (SSSR count). The number of nitrogens with one attached hydrogen (secondary N) is 1. The molecule has 23 heavy (non-hydrogen) atoms. The van der Waals surface area contributed by atoms with Crippen molar-refractivity contribution < 1.29 is 9.59 Å². The van der Waals surface area contributed by atoms with Crippen molar-refractivity contribution in [3.8, 4) is 0 Å². The molecule has 0 radical (unpaired) electrons. The van der Waals surface area contributed by atoms with Gasteiger partial charge in [-0.15, -0.1) is 11.3 Å². The van der Waals surface area contributed by atoms with Crippen molar-refractivity contribution in [1.82, 2.24) is 19.9 Å². The van der Waals surface area contributed by atoms with Crippen molar-refractivity contribution in [3.63, 3.8) is 0 Å². The van der Waals surface area contributed by atoms with E-state index >= 15 is 0 Å². The largest absolute Gasteiger partial charge is 0.349 e. The SMILES string of the molecule is Cc1nc(CNC(=O)C2CC(=O)N(c3nccs3)C2)n(C)c1C. The average molecular weight is 333 g/mol. The minimum Gasteiger partial charge on any atom is -0.349 e. The normalized spacial score (nSPS) is 17.8. The van der Waals surface area contributed by atoms with E-state index in [4.69, 9.17) is 0 Å². The van der Waals surface area contributed by atoms with Crippen LogP contribution in [-0.4, -0.2) is 32.9 Å².